The summed E-state index contributed by atoms with van der Waals surface area (Å²) in [5.41, 5.74) is -0.479. The number of hydrogen-bond acceptors (Lipinski definition) is 4. The Morgan fingerprint density at radius 3 is 2.38 bits per heavy atom. The molecule has 1 saturated heterocycles. The molecule has 1 N–H and O–H groups in total. The van der Waals surface area contributed by atoms with E-state index in [1.165, 1.54) is 12.8 Å². The predicted molar refractivity (Wildman–Crippen MR) is 91.7 cm³/mol. The minimum atomic E-state index is -0.479. The van der Waals surface area contributed by atoms with Crippen LogP contribution in [0.15, 0.2) is 0 Å². The number of carbonyl (C=O) groups is 2. The topological polar surface area (TPSA) is 67.9 Å². The fourth-order valence-electron chi connectivity index (χ4n) is 2.72. The van der Waals surface area contributed by atoms with Crippen molar-refractivity contribution in [3.05, 3.63) is 0 Å². The van der Waals surface area contributed by atoms with Gasteiger partial charge in [-0.25, -0.2) is 4.79 Å². The fourth-order valence-corrected chi connectivity index (χ4v) is 2.72. The third-order valence-corrected chi connectivity index (χ3v) is 4.33. The number of rotatable bonds is 7. The van der Waals surface area contributed by atoms with Crippen molar-refractivity contribution in [2.75, 3.05) is 32.8 Å². The van der Waals surface area contributed by atoms with E-state index in [0.29, 0.717) is 39.1 Å². The molecule has 1 heterocycles. The summed E-state index contributed by atoms with van der Waals surface area (Å²) in [7, 11) is 0. The van der Waals surface area contributed by atoms with Crippen LogP contribution in [-0.4, -0.2) is 55.3 Å². The van der Waals surface area contributed by atoms with Crippen LogP contribution in [0.5, 0.6) is 0 Å². The average Bonchev–Trinajstić information content (AvgIpc) is 3.33. The van der Waals surface area contributed by atoms with Crippen molar-refractivity contribution < 1.29 is 19.1 Å². The largest absolute Gasteiger partial charge is 0.444 e. The number of amides is 2. The number of ether oxygens (including phenoxy) is 2. The van der Waals surface area contributed by atoms with Crippen molar-refractivity contribution in [3.63, 3.8) is 0 Å². The summed E-state index contributed by atoms with van der Waals surface area (Å²) in [5, 5.41) is 2.98. The van der Waals surface area contributed by atoms with Crippen LogP contribution in [-0.2, 0) is 14.3 Å². The molecule has 1 saturated carbocycles. The van der Waals surface area contributed by atoms with Gasteiger partial charge in [0.2, 0.25) is 5.91 Å². The Labute approximate surface area is 145 Å². The Hall–Kier alpha value is -1.30. The van der Waals surface area contributed by atoms with Gasteiger partial charge in [-0.15, -0.1) is 0 Å². The lowest BCUT2D eigenvalue weighted by Gasteiger charge is -2.32. The Morgan fingerprint density at radius 1 is 1.12 bits per heavy atom. The first kappa shape index (κ1) is 19.0. The van der Waals surface area contributed by atoms with Crippen LogP contribution in [0, 0.1) is 11.8 Å². The molecule has 2 aliphatic rings. The Balaban J connectivity index is 1.55. The van der Waals surface area contributed by atoms with Crippen LogP contribution in [0.3, 0.4) is 0 Å². The van der Waals surface area contributed by atoms with Gasteiger partial charge in [0.05, 0.1) is 0 Å². The van der Waals surface area contributed by atoms with Crippen LogP contribution in [0.2, 0.25) is 0 Å². The van der Waals surface area contributed by atoms with Crippen LogP contribution >= 0.6 is 0 Å². The van der Waals surface area contributed by atoms with Gasteiger partial charge in [-0.1, -0.05) is 0 Å². The molecule has 0 unspecified atom stereocenters. The molecule has 1 aliphatic heterocycles. The monoisotopic (exact) mass is 340 g/mol. The van der Waals surface area contributed by atoms with E-state index < -0.39 is 5.60 Å². The van der Waals surface area contributed by atoms with Crippen molar-refractivity contribution in [3.8, 4) is 0 Å². The smallest absolute Gasteiger partial charge is 0.410 e. The molecule has 0 bridgehead atoms. The third kappa shape index (κ3) is 7.07. The van der Waals surface area contributed by atoms with Crippen molar-refractivity contribution in [2.24, 2.45) is 11.8 Å². The predicted octanol–water partition coefficient (Wildman–Crippen LogP) is 2.57. The first-order valence-electron chi connectivity index (χ1n) is 9.18. The Bertz CT molecular complexity index is 421. The molecule has 0 spiro atoms. The normalized spacial score (nSPS) is 19.2. The highest BCUT2D eigenvalue weighted by atomic mass is 16.6. The highest BCUT2D eigenvalue weighted by molar-refractivity contribution is 5.79. The molecule has 24 heavy (non-hydrogen) atoms. The van der Waals surface area contributed by atoms with E-state index in [1.54, 1.807) is 4.90 Å². The van der Waals surface area contributed by atoms with Gasteiger partial charge in [0.25, 0.3) is 0 Å². The summed E-state index contributed by atoms with van der Waals surface area (Å²) in [6.07, 6.45) is 4.58. The number of likely N-dealkylation sites (tertiary alicyclic amines) is 1. The highest BCUT2D eigenvalue weighted by Gasteiger charge is 2.29. The van der Waals surface area contributed by atoms with E-state index in [1.807, 2.05) is 20.8 Å². The summed E-state index contributed by atoms with van der Waals surface area (Å²) in [4.78, 5) is 25.9. The Morgan fingerprint density at radius 2 is 1.79 bits per heavy atom. The maximum Gasteiger partial charge on any atom is 0.410 e. The van der Waals surface area contributed by atoms with Crippen molar-refractivity contribution >= 4 is 12.0 Å². The second-order valence-corrected chi connectivity index (χ2v) is 7.90. The molecule has 0 aromatic carbocycles. The molecular formula is C18H32N2O4. The molecule has 0 radical (unpaired) electrons. The molecular weight excluding hydrogens is 308 g/mol. The fraction of sp³-hybridized carbons (Fsp3) is 0.889. The standard InChI is InChI=1S/C18H32N2O4/c1-18(2,3)24-17(22)20-10-7-15(8-11-20)16(21)19-9-4-12-23-13-14-5-6-14/h14-15H,4-13H2,1-3H3,(H,19,21). The molecule has 0 aromatic rings. The molecule has 6 heteroatoms. The summed E-state index contributed by atoms with van der Waals surface area (Å²) in [6.45, 7) is 8.99. The maximum absolute atomic E-state index is 12.2. The molecule has 0 aromatic heterocycles. The van der Waals surface area contributed by atoms with Gasteiger partial charge in [0, 0.05) is 38.8 Å². The minimum absolute atomic E-state index is 0.00364. The lowest BCUT2D eigenvalue weighted by Crippen LogP contribution is -2.45. The van der Waals surface area contributed by atoms with Crippen LogP contribution in [0.25, 0.3) is 0 Å². The van der Waals surface area contributed by atoms with Crippen molar-refractivity contribution in [2.45, 2.75) is 58.5 Å². The lowest BCUT2D eigenvalue weighted by atomic mass is 9.96. The highest BCUT2D eigenvalue weighted by Crippen LogP contribution is 2.28. The summed E-state index contributed by atoms with van der Waals surface area (Å²) in [5.74, 6) is 0.881. The number of hydrogen-bond donors (Lipinski definition) is 1. The molecule has 2 fully saturated rings. The second-order valence-electron chi connectivity index (χ2n) is 7.90. The van der Waals surface area contributed by atoms with Gasteiger partial charge in [-0.05, 0) is 58.8 Å². The SMILES string of the molecule is CC(C)(C)OC(=O)N1CCC(C(=O)NCCCOCC2CC2)CC1. The molecule has 6 nitrogen and oxygen atoms in total. The number of nitrogens with zero attached hydrogens (tertiary/aromatic N) is 1. The van der Waals surface area contributed by atoms with Crippen LogP contribution < -0.4 is 5.32 Å². The van der Waals surface area contributed by atoms with Crippen LogP contribution in [0.4, 0.5) is 4.79 Å². The van der Waals surface area contributed by atoms with E-state index in [4.69, 9.17) is 9.47 Å². The average molecular weight is 340 g/mol. The first-order valence-corrected chi connectivity index (χ1v) is 9.18. The number of nitrogens with one attached hydrogen (secondary N) is 1. The van der Waals surface area contributed by atoms with E-state index in [9.17, 15) is 9.59 Å². The van der Waals surface area contributed by atoms with Gasteiger partial charge in [0.1, 0.15) is 5.60 Å². The third-order valence-electron chi connectivity index (χ3n) is 4.33. The van der Waals surface area contributed by atoms with Gasteiger partial charge in [-0.3, -0.25) is 4.79 Å². The number of piperidine rings is 1. The maximum atomic E-state index is 12.2. The summed E-state index contributed by atoms with van der Waals surface area (Å²) >= 11 is 0. The lowest BCUT2D eigenvalue weighted by molar-refractivity contribution is -0.126. The van der Waals surface area contributed by atoms with Gasteiger partial charge in [-0.2, -0.15) is 0 Å². The van der Waals surface area contributed by atoms with E-state index in [-0.39, 0.29) is 17.9 Å². The van der Waals surface area contributed by atoms with Crippen molar-refractivity contribution in [1.82, 2.24) is 10.2 Å². The van der Waals surface area contributed by atoms with Gasteiger partial charge >= 0.3 is 6.09 Å². The minimum Gasteiger partial charge on any atom is -0.444 e. The van der Waals surface area contributed by atoms with Crippen molar-refractivity contribution in [1.29, 1.82) is 0 Å². The molecule has 138 valence electrons. The number of carbonyl (C=O) groups excluding carboxylic acids is 2. The van der Waals surface area contributed by atoms with Gasteiger partial charge < -0.3 is 19.7 Å². The zero-order chi connectivity index (χ0) is 17.6. The molecule has 2 amide bonds. The molecule has 2 rings (SSSR count). The van der Waals surface area contributed by atoms with E-state index in [2.05, 4.69) is 5.32 Å². The first-order chi connectivity index (χ1) is 11.3. The molecule has 0 atom stereocenters. The molecule has 1 aliphatic carbocycles. The second kappa shape index (κ2) is 8.70. The zero-order valence-corrected chi connectivity index (χ0v) is 15.3. The summed E-state index contributed by atoms with van der Waals surface area (Å²) in [6, 6.07) is 0. The van der Waals surface area contributed by atoms with Gasteiger partial charge in [0.15, 0.2) is 0 Å². The summed E-state index contributed by atoms with van der Waals surface area (Å²) < 4.78 is 10.9. The zero-order valence-electron chi connectivity index (χ0n) is 15.3. The quantitative estimate of drug-likeness (QED) is 0.723. The van der Waals surface area contributed by atoms with E-state index in [0.717, 1.165) is 18.9 Å². The van der Waals surface area contributed by atoms with Crippen LogP contribution in [0.1, 0.15) is 52.9 Å². The van der Waals surface area contributed by atoms with E-state index >= 15 is 0 Å². The Kier molecular flexibility index (Phi) is 6.90.